The van der Waals surface area contributed by atoms with Gasteiger partial charge in [0, 0.05) is 25.1 Å². The molecule has 1 heterocycles. The van der Waals surface area contributed by atoms with Crippen LogP contribution in [-0.2, 0) is 9.53 Å². The summed E-state index contributed by atoms with van der Waals surface area (Å²) in [6, 6.07) is 6.15. The van der Waals surface area contributed by atoms with Crippen molar-refractivity contribution in [1.29, 1.82) is 0 Å². The molecular formula is C21H27FN2O5. The largest absolute Gasteiger partial charge is 0.497 e. The minimum atomic E-state index is -2.47. The number of ether oxygens (including phenoxy) is 2. The van der Waals surface area contributed by atoms with Gasteiger partial charge in [0.1, 0.15) is 11.4 Å². The molecular weight excluding hydrogens is 379 g/mol. The van der Waals surface area contributed by atoms with Crippen LogP contribution in [0.4, 0.5) is 9.18 Å². The second-order valence-electron chi connectivity index (χ2n) is 7.85. The zero-order valence-corrected chi connectivity index (χ0v) is 17.2. The molecule has 0 aliphatic carbocycles. The van der Waals surface area contributed by atoms with Gasteiger partial charge in [-0.25, -0.2) is 9.18 Å². The number of carbonyl (C=O) groups is 3. The van der Waals surface area contributed by atoms with Crippen LogP contribution in [0.3, 0.4) is 0 Å². The minimum Gasteiger partial charge on any atom is -0.497 e. The van der Waals surface area contributed by atoms with Crippen molar-refractivity contribution in [2.75, 3.05) is 26.7 Å². The number of allylic oxidation sites excluding steroid dienone is 1. The molecule has 0 bridgehead atoms. The van der Waals surface area contributed by atoms with Crippen molar-refractivity contribution in [3.05, 3.63) is 42.5 Å². The molecule has 8 heteroatoms. The summed E-state index contributed by atoms with van der Waals surface area (Å²) in [4.78, 5) is 40.3. The molecule has 1 saturated heterocycles. The van der Waals surface area contributed by atoms with E-state index in [0.29, 0.717) is 5.75 Å². The van der Waals surface area contributed by atoms with Crippen molar-refractivity contribution >= 4 is 17.9 Å². The lowest BCUT2D eigenvalue weighted by molar-refractivity contribution is -0.140. The lowest BCUT2D eigenvalue weighted by Gasteiger charge is -2.29. The Balaban J connectivity index is 2.32. The summed E-state index contributed by atoms with van der Waals surface area (Å²) in [5.41, 5.74) is -3.04. The van der Waals surface area contributed by atoms with Gasteiger partial charge in [-0.05, 0) is 45.0 Å². The molecule has 1 aromatic carbocycles. The average Bonchev–Trinajstić information content (AvgIpc) is 2.77. The molecule has 0 saturated carbocycles. The van der Waals surface area contributed by atoms with Gasteiger partial charge in [0.2, 0.25) is 5.67 Å². The van der Waals surface area contributed by atoms with Crippen LogP contribution in [0.15, 0.2) is 36.9 Å². The van der Waals surface area contributed by atoms with Gasteiger partial charge in [0.15, 0.2) is 0 Å². The first-order chi connectivity index (χ1) is 13.5. The zero-order valence-electron chi connectivity index (χ0n) is 17.2. The first kappa shape index (κ1) is 22.4. The topological polar surface area (TPSA) is 76.2 Å². The molecule has 7 nitrogen and oxygen atoms in total. The number of benzene rings is 1. The third kappa shape index (κ3) is 5.34. The van der Waals surface area contributed by atoms with Gasteiger partial charge in [-0.15, -0.1) is 6.58 Å². The molecule has 3 amide bonds. The van der Waals surface area contributed by atoms with Gasteiger partial charge in [-0.3, -0.25) is 14.5 Å². The van der Waals surface area contributed by atoms with Crippen LogP contribution < -0.4 is 4.74 Å². The first-order valence-corrected chi connectivity index (χ1v) is 9.29. The average molecular weight is 406 g/mol. The molecule has 1 aliphatic rings. The lowest BCUT2D eigenvalue weighted by Crippen LogP contribution is -2.51. The van der Waals surface area contributed by atoms with E-state index >= 15 is 4.39 Å². The fourth-order valence-electron chi connectivity index (χ4n) is 2.96. The van der Waals surface area contributed by atoms with Gasteiger partial charge < -0.3 is 14.4 Å². The molecule has 0 spiro atoms. The number of hydrogen-bond donors (Lipinski definition) is 0. The number of carbonyl (C=O) groups excluding carboxylic acids is 3. The summed E-state index contributed by atoms with van der Waals surface area (Å²) in [7, 11) is 1.49. The monoisotopic (exact) mass is 406 g/mol. The number of amides is 3. The highest BCUT2D eigenvalue weighted by Gasteiger charge is 2.48. The van der Waals surface area contributed by atoms with E-state index in [4.69, 9.17) is 9.47 Å². The van der Waals surface area contributed by atoms with E-state index in [1.165, 1.54) is 25.3 Å². The number of rotatable bonds is 4. The summed E-state index contributed by atoms with van der Waals surface area (Å²) >= 11 is 0. The van der Waals surface area contributed by atoms with Crippen LogP contribution >= 0.6 is 0 Å². The SMILES string of the molecule is C=CC[C@]1(F)CN(C(=O)OC(C)(C)C)CCN(C(=O)c2ccc(OC)cc2)C1=O. The molecule has 1 atom stereocenters. The molecule has 0 aromatic heterocycles. The van der Waals surface area contributed by atoms with Crippen LogP contribution in [-0.4, -0.2) is 65.7 Å². The number of imide groups is 1. The molecule has 2 rings (SSSR count). The van der Waals surface area contributed by atoms with Crippen LogP contribution in [0.25, 0.3) is 0 Å². The Labute approximate surface area is 170 Å². The summed E-state index contributed by atoms with van der Waals surface area (Å²) in [6.45, 7) is 7.88. The summed E-state index contributed by atoms with van der Waals surface area (Å²) in [6.07, 6.45) is 0.180. The highest BCUT2D eigenvalue weighted by Crippen LogP contribution is 2.27. The fourth-order valence-corrected chi connectivity index (χ4v) is 2.96. The Morgan fingerprint density at radius 3 is 2.38 bits per heavy atom. The Bertz CT molecular complexity index is 787. The summed E-state index contributed by atoms with van der Waals surface area (Å²) < 4.78 is 26.0. The van der Waals surface area contributed by atoms with Crippen molar-refractivity contribution in [1.82, 2.24) is 9.80 Å². The number of methoxy groups -OCH3 is 1. The van der Waals surface area contributed by atoms with Crippen LogP contribution in [0, 0.1) is 0 Å². The maximum atomic E-state index is 15.6. The van der Waals surface area contributed by atoms with Crippen LogP contribution in [0.2, 0.25) is 0 Å². The number of alkyl halides is 1. The van der Waals surface area contributed by atoms with Gasteiger partial charge in [0.25, 0.3) is 11.8 Å². The third-order valence-corrected chi connectivity index (χ3v) is 4.37. The van der Waals surface area contributed by atoms with E-state index in [9.17, 15) is 14.4 Å². The molecule has 29 heavy (non-hydrogen) atoms. The lowest BCUT2D eigenvalue weighted by atomic mass is 9.99. The number of halogens is 1. The predicted octanol–water partition coefficient (Wildman–Crippen LogP) is 3.20. The maximum absolute atomic E-state index is 15.6. The normalized spacial score (nSPS) is 20.1. The van der Waals surface area contributed by atoms with Gasteiger partial charge >= 0.3 is 6.09 Å². The van der Waals surface area contributed by atoms with Crippen LogP contribution in [0.5, 0.6) is 5.75 Å². The Morgan fingerprint density at radius 1 is 1.24 bits per heavy atom. The Kier molecular flexibility index (Phi) is 6.66. The Morgan fingerprint density at radius 2 is 1.86 bits per heavy atom. The number of hydrogen-bond acceptors (Lipinski definition) is 5. The fraction of sp³-hybridized carbons (Fsp3) is 0.476. The van der Waals surface area contributed by atoms with Crippen LogP contribution in [0.1, 0.15) is 37.6 Å². The van der Waals surface area contributed by atoms with Crippen molar-refractivity contribution in [3.8, 4) is 5.75 Å². The van der Waals surface area contributed by atoms with Crippen molar-refractivity contribution in [3.63, 3.8) is 0 Å². The number of nitrogens with zero attached hydrogens (tertiary/aromatic N) is 2. The minimum absolute atomic E-state index is 0.0363. The molecule has 1 aromatic rings. The van der Waals surface area contributed by atoms with E-state index in [-0.39, 0.29) is 25.1 Å². The van der Waals surface area contributed by atoms with E-state index in [1.54, 1.807) is 32.9 Å². The molecule has 158 valence electrons. The summed E-state index contributed by atoms with van der Waals surface area (Å²) in [5, 5.41) is 0. The van der Waals surface area contributed by atoms with Crippen molar-refractivity contribution < 1.29 is 28.2 Å². The van der Waals surface area contributed by atoms with Gasteiger partial charge in [-0.2, -0.15) is 0 Å². The first-order valence-electron chi connectivity index (χ1n) is 9.29. The third-order valence-electron chi connectivity index (χ3n) is 4.37. The zero-order chi connectivity index (χ0) is 21.8. The Hall–Kier alpha value is -2.90. The second kappa shape index (κ2) is 8.63. The molecule has 0 unspecified atom stereocenters. The predicted molar refractivity (Wildman–Crippen MR) is 105 cm³/mol. The van der Waals surface area contributed by atoms with Crippen molar-refractivity contribution in [2.45, 2.75) is 38.5 Å². The van der Waals surface area contributed by atoms with Crippen molar-refractivity contribution in [2.24, 2.45) is 0 Å². The van der Waals surface area contributed by atoms with Gasteiger partial charge in [0.05, 0.1) is 13.7 Å². The smallest absolute Gasteiger partial charge is 0.410 e. The van der Waals surface area contributed by atoms with E-state index in [1.807, 2.05) is 0 Å². The van der Waals surface area contributed by atoms with E-state index in [0.717, 1.165) is 9.80 Å². The standard InChI is InChI=1S/C21H27FN2O5/c1-6-11-21(22)14-23(19(27)29-20(2,3)4)12-13-24(18(21)26)17(25)15-7-9-16(28-5)10-8-15/h6-10H,1,11-14H2,2-5H3/t21-/m0/s1. The highest BCUT2D eigenvalue weighted by molar-refractivity contribution is 6.07. The summed E-state index contributed by atoms with van der Waals surface area (Å²) in [5.74, 6) is -1.09. The molecule has 0 radical (unpaired) electrons. The maximum Gasteiger partial charge on any atom is 0.410 e. The van der Waals surface area contributed by atoms with E-state index < -0.39 is 35.7 Å². The van der Waals surface area contributed by atoms with E-state index in [2.05, 4.69) is 6.58 Å². The highest BCUT2D eigenvalue weighted by atomic mass is 19.1. The quantitative estimate of drug-likeness (QED) is 0.567. The van der Waals surface area contributed by atoms with Gasteiger partial charge in [-0.1, -0.05) is 6.08 Å². The molecule has 0 N–H and O–H groups in total. The molecule has 1 aliphatic heterocycles. The molecule has 1 fully saturated rings. The second-order valence-corrected chi connectivity index (χ2v) is 7.85.